The molecule has 0 radical (unpaired) electrons. The van der Waals surface area contributed by atoms with E-state index in [1.807, 2.05) is 0 Å². The third-order valence-electron chi connectivity index (χ3n) is 5.64. The van der Waals surface area contributed by atoms with E-state index in [0.29, 0.717) is 29.0 Å². The van der Waals surface area contributed by atoms with E-state index in [9.17, 15) is 9.18 Å². The lowest BCUT2D eigenvalue weighted by Crippen LogP contribution is -2.37. The number of morpholine rings is 1. The fraction of sp³-hybridized carbons (Fsp3) is 0.320. The van der Waals surface area contributed by atoms with Crippen molar-refractivity contribution < 1.29 is 23.4 Å². The highest BCUT2D eigenvalue weighted by Gasteiger charge is 2.24. The van der Waals surface area contributed by atoms with Crippen molar-refractivity contribution in [2.75, 3.05) is 51.5 Å². The van der Waals surface area contributed by atoms with E-state index in [1.165, 1.54) is 18.5 Å². The van der Waals surface area contributed by atoms with Crippen LogP contribution in [-0.2, 0) is 9.53 Å². The molecule has 10 heteroatoms. The van der Waals surface area contributed by atoms with Crippen molar-refractivity contribution >= 4 is 39.9 Å². The zero-order valence-corrected chi connectivity index (χ0v) is 20.1. The van der Waals surface area contributed by atoms with Gasteiger partial charge in [-0.25, -0.2) is 14.4 Å². The molecule has 1 aromatic heterocycles. The van der Waals surface area contributed by atoms with Crippen molar-refractivity contribution in [3.05, 3.63) is 60.2 Å². The summed E-state index contributed by atoms with van der Waals surface area (Å²) in [7, 11) is 1.54. The van der Waals surface area contributed by atoms with Crippen LogP contribution in [0.5, 0.6) is 11.5 Å². The Kier molecular flexibility index (Phi) is 8.12. The van der Waals surface area contributed by atoms with E-state index >= 15 is 0 Å². The second-order valence-electron chi connectivity index (χ2n) is 7.85. The predicted molar refractivity (Wildman–Crippen MR) is 132 cm³/mol. The molecule has 0 N–H and O–H groups in total. The van der Waals surface area contributed by atoms with E-state index in [2.05, 4.69) is 21.4 Å². The maximum atomic E-state index is 14.8. The molecule has 8 nitrogen and oxygen atoms in total. The van der Waals surface area contributed by atoms with Gasteiger partial charge in [-0.05, 0) is 36.8 Å². The molecule has 4 rings (SSSR count). The van der Waals surface area contributed by atoms with Crippen LogP contribution in [-0.4, -0.2) is 67.3 Å². The van der Waals surface area contributed by atoms with Gasteiger partial charge in [0.05, 0.1) is 38.1 Å². The number of rotatable bonds is 9. The minimum Gasteiger partial charge on any atom is -0.493 e. The molecule has 184 valence electrons. The van der Waals surface area contributed by atoms with Gasteiger partial charge in [0.1, 0.15) is 12.1 Å². The highest BCUT2D eigenvalue weighted by atomic mass is 35.5. The number of anilines is 2. The monoisotopic (exact) mass is 500 g/mol. The fourth-order valence-electron chi connectivity index (χ4n) is 3.89. The number of amides is 1. The van der Waals surface area contributed by atoms with E-state index in [0.717, 1.165) is 56.3 Å². The maximum Gasteiger partial charge on any atom is 0.256 e. The van der Waals surface area contributed by atoms with Crippen LogP contribution in [0.2, 0.25) is 5.02 Å². The Morgan fingerprint density at radius 3 is 2.77 bits per heavy atom. The Morgan fingerprint density at radius 1 is 1.26 bits per heavy atom. The first-order valence-electron chi connectivity index (χ1n) is 11.2. The van der Waals surface area contributed by atoms with Crippen LogP contribution in [0.25, 0.3) is 10.9 Å². The standard InChI is InChI=1S/C25H26ClFN4O4/c1-3-24(32)31(21-6-5-17(26)13-19(21)27)25-18-14-23(22(33-2)15-20(18)28-16-29-25)35-10-4-7-30-8-11-34-12-9-30/h3,5-6,13-16H,1,4,7-12H2,2H3. The van der Waals surface area contributed by atoms with Gasteiger partial charge in [-0.3, -0.25) is 14.6 Å². The van der Waals surface area contributed by atoms with Gasteiger partial charge in [-0.1, -0.05) is 18.2 Å². The molecule has 1 aliphatic heterocycles. The van der Waals surface area contributed by atoms with Crippen molar-refractivity contribution in [2.45, 2.75) is 6.42 Å². The number of methoxy groups -OCH3 is 1. The van der Waals surface area contributed by atoms with Gasteiger partial charge in [-0.2, -0.15) is 0 Å². The number of nitrogens with zero attached hydrogens (tertiary/aromatic N) is 4. The van der Waals surface area contributed by atoms with Crippen molar-refractivity contribution in [1.29, 1.82) is 0 Å². The number of halogens is 2. The van der Waals surface area contributed by atoms with Crippen molar-refractivity contribution in [1.82, 2.24) is 14.9 Å². The van der Waals surface area contributed by atoms with E-state index < -0.39 is 11.7 Å². The molecule has 35 heavy (non-hydrogen) atoms. The first-order chi connectivity index (χ1) is 17.0. The van der Waals surface area contributed by atoms with Crippen molar-refractivity contribution in [3.8, 4) is 11.5 Å². The molecule has 2 aromatic carbocycles. The van der Waals surface area contributed by atoms with Gasteiger partial charge in [-0.15, -0.1) is 0 Å². The number of carbonyl (C=O) groups excluding carboxylic acids is 1. The minimum atomic E-state index is -0.674. The van der Waals surface area contributed by atoms with Crippen LogP contribution in [0.1, 0.15) is 6.42 Å². The summed E-state index contributed by atoms with van der Waals surface area (Å²) in [5.41, 5.74) is 0.492. The van der Waals surface area contributed by atoms with Gasteiger partial charge in [0.15, 0.2) is 17.3 Å². The summed E-state index contributed by atoms with van der Waals surface area (Å²) < 4.78 is 31.8. The van der Waals surface area contributed by atoms with Crippen LogP contribution in [0.15, 0.2) is 49.3 Å². The van der Waals surface area contributed by atoms with Crippen LogP contribution >= 0.6 is 11.6 Å². The third kappa shape index (κ3) is 5.70. The number of ether oxygens (including phenoxy) is 3. The molecule has 0 atom stereocenters. The van der Waals surface area contributed by atoms with Gasteiger partial charge in [0.25, 0.3) is 5.91 Å². The Bertz CT molecular complexity index is 1220. The molecular formula is C25H26ClFN4O4. The topological polar surface area (TPSA) is 77.0 Å². The van der Waals surface area contributed by atoms with Gasteiger partial charge in [0, 0.05) is 36.1 Å². The Hall–Kier alpha value is -3.27. The maximum absolute atomic E-state index is 14.8. The lowest BCUT2D eigenvalue weighted by atomic mass is 10.1. The van der Waals surface area contributed by atoms with Crippen molar-refractivity contribution in [3.63, 3.8) is 0 Å². The molecule has 1 fully saturated rings. The summed E-state index contributed by atoms with van der Waals surface area (Å²) in [6.07, 6.45) is 3.21. The highest BCUT2D eigenvalue weighted by molar-refractivity contribution is 6.30. The Balaban J connectivity index is 1.67. The van der Waals surface area contributed by atoms with Crippen LogP contribution in [0, 0.1) is 5.82 Å². The molecule has 0 bridgehead atoms. The number of aromatic nitrogens is 2. The summed E-state index contributed by atoms with van der Waals surface area (Å²) in [5, 5.41) is 0.698. The average Bonchev–Trinajstić information content (AvgIpc) is 2.88. The molecule has 0 unspecified atom stereocenters. The number of hydrogen-bond acceptors (Lipinski definition) is 7. The van der Waals surface area contributed by atoms with Gasteiger partial charge in [0.2, 0.25) is 0 Å². The molecule has 0 aliphatic carbocycles. The predicted octanol–water partition coefficient (Wildman–Crippen LogP) is 4.38. The first-order valence-corrected chi connectivity index (χ1v) is 11.6. The Morgan fingerprint density at radius 2 is 2.06 bits per heavy atom. The molecule has 1 saturated heterocycles. The molecule has 1 amide bonds. The smallest absolute Gasteiger partial charge is 0.256 e. The molecule has 3 aromatic rings. The minimum absolute atomic E-state index is 0.0110. The lowest BCUT2D eigenvalue weighted by Gasteiger charge is -2.26. The molecule has 2 heterocycles. The lowest BCUT2D eigenvalue weighted by molar-refractivity contribution is -0.113. The summed E-state index contributed by atoms with van der Waals surface area (Å²) in [5.74, 6) is -0.0853. The molecular weight excluding hydrogens is 475 g/mol. The second-order valence-corrected chi connectivity index (χ2v) is 8.28. The SMILES string of the molecule is C=CC(=O)N(c1ccc(Cl)cc1F)c1ncnc2cc(OC)c(OCCCN3CCOCC3)cc12. The van der Waals surface area contributed by atoms with Crippen LogP contribution in [0.4, 0.5) is 15.9 Å². The normalized spacial score (nSPS) is 14.0. The molecule has 0 saturated carbocycles. The fourth-order valence-corrected chi connectivity index (χ4v) is 4.05. The van der Waals surface area contributed by atoms with Gasteiger partial charge < -0.3 is 14.2 Å². The van der Waals surface area contributed by atoms with Gasteiger partial charge >= 0.3 is 0 Å². The summed E-state index contributed by atoms with van der Waals surface area (Å²) in [6.45, 7) is 8.22. The zero-order chi connectivity index (χ0) is 24.8. The van der Waals surface area contributed by atoms with E-state index in [-0.39, 0.29) is 16.5 Å². The Labute approximate surface area is 207 Å². The first kappa shape index (κ1) is 24.8. The number of hydrogen-bond donors (Lipinski definition) is 0. The van der Waals surface area contributed by atoms with Crippen LogP contribution < -0.4 is 14.4 Å². The summed E-state index contributed by atoms with van der Waals surface area (Å²) in [4.78, 5) is 24.9. The molecule has 1 aliphatic rings. The molecule has 0 spiro atoms. The number of fused-ring (bicyclic) bond motifs is 1. The number of carbonyl (C=O) groups is 1. The third-order valence-corrected chi connectivity index (χ3v) is 5.87. The number of benzene rings is 2. The largest absolute Gasteiger partial charge is 0.493 e. The van der Waals surface area contributed by atoms with E-state index in [1.54, 1.807) is 19.2 Å². The van der Waals surface area contributed by atoms with Crippen LogP contribution in [0.3, 0.4) is 0 Å². The second kappa shape index (κ2) is 11.4. The summed E-state index contributed by atoms with van der Waals surface area (Å²) in [6, 6.07) is 7.45. The summed E-state index contributed by atoms with van der Waals surface area (Å²) >= 11 is 5.91. The highest BCUT2D eigenvalue weighted by Crippen LogP contribution is 2.38. The van der Waals surface area contributed by atoms with Crippen molar-refractivity contribution in [2.24, 2.45) is 0 Å². The quantitative estimate of drug-likeness (QED) is 0.318. The van der Waals surface area contributed by atoms with E-state index in [4.69, 9.17) is 25.8 Å². The zero-order valence-electron chi connectivity index (χ0n) is 19.4. The average molecular weight is 501 g/mol.